The van der Waals surface area contributed by atoms with Crippen LogP contribution in [-0.4, -0.2) is 27.2 Å². The van der Waals surface area contributed by atoms with Crippen molar-refractivity contribution < 1.29 is 13.7 Å². The molecule has 18 heavy (non-hydrogen) atoms. The van der Waals surface area contributed by atoms with Gasteiger partial charge in [0.05, 0.1) is 11.0 Å². The second kappa shape index (κ2) is 4.19. The number of aromatic amines is 1. The molecule has 7 heteroatoms. The molecule has 0 aliphatic rings. The summed E-state index contributed by atoms with van der Waals surface area (Å²) in [5.41, 5.74) is 1.22. The fourth-order valence-corrected chi connectivity index (χ4v) is 1.62. The van der Waals surface area contributed by atoms with Crippen LogP contribution in [0.15, 0.2) is 22.7 Å². The zero-order valence-electron chi connectivity index (χ0n) is 9.48. The molecule has 0 bridgehead atoms. The molecule has 0 aliphatic heterocycles. The molecule has 0 spiro atoms. The second-order valence-corrected chi connectivity index (χ2v) is 3.70. The molecule has 3 rings (SSSR count). The van der Waals surface area contributed by atoms with Crippen molar-refractivity contribution in [2.75, 3.05) is 7.11 Å². The summed E-state index contributed by atoms with van der Waals surface area (Å²) in [5.74, 6) is 0.756. The first-order valence-corrected chi connectivity index (χ1v) is 5.23. The third kappa shape index (κ3) is 1.84. The van der Waals surface area contributed by atoms with E-state index in [4.69, 9.17) is 9.26 Å². The summed E-state index contributed by atoms with van der Waals surface area (Å²) in [6.07, 6.45) is 0. The Morgan fingerprint density at radius 3 is 3.11 bits per heavy atom. The number of H-pyrrole nitrogens is 1. The van der Waals surface area contributed by atoms with Crippen LogP contribution >= 0.6 is 0 Å². The largest absolute Gasteiger partial charge is 0.377 e. The number of hydrogen-bond acceptors (Lipinski definition) is 5. The van der Waals surface area contributed by atoms with Gasteiger partial charge in [0.15, 0.2) is 11.6 Å². The molecular weight excluding hydrogens is 239 g/mol. The Labute approximate surface area is 101 Å². The molecule has 0 atom stereocenters. The lowest BCUT2D eigenvalue weighted by Crippen LogP contribution is -1.89. The average molecular weight is 248 g/mol. The smallest absolute Gasteiger partial charge is 0.293 e. The van der Waals surface area contributed by atoms with Crippen molar-refractivity contribution in [3.63, 3.8) is 0 Å². The Bertz CT molecular complexity index is 691. The first-order valence-electron chi connectivity index (χ1n) is 5.23. The zero-order chi connectivity index (χ0) is 12.5. The van der Waals surface area contributed by atoms with E-state index >= 15 is 0 Å². The van der Waals surface area contributed by atoms with E-state index in [1.165, 1.54) is 12.1 Å². The maximum atomic E-state index is 13.0. The molecule has 2 heterocycles. The molecule has 0 amide bonds. The van der Waals surface area contributed by atoms with E-state index in [1.54, 1.807) is 13.2 Å². The van der Waals surface area contributed by atoms with E-state index < -0.39 is 0 Å². The van der Waals surface area contributed by atoms with Crippen LogP contribution in [0, 0.1) is 5.82 Å². The van der Waals surface area contributed by atoms with Crippen LogP contribution in [-0.2, 0) is 11.3 Å². The number of nitrogens with zero attached hydrogens (tertiary/aromatic N) is 3. The SMILES string of the molecule is COCc1noc(-c2nc3ccc(F)cc3[nH]2)n1. The molecule has 6 nitrogen and oxygen atoms in total. The van der Waals surface area contributed by atoms with Crippen molar-refractivity contribution in [3.8, 4) is 11.7 Å². The molecule has 3 aromatic rings. The highest BCUT2D eigenvalue weighted by Crippen LogP contribution is 2.19. The van der Waals surface area contributed by atoms with E-state index in [9.17, 15) is 4.39 Å². The molecule has 0 saturated carbocycles. The van der Waals surface area contributed by atoms with Gasteiger partial charge in [-0.15, -0.1) is 0 Å². The minimum absolute atomic E-state index is 0.249. The maximum Gasteiger partial charge on any atom is 0.293 e. The van der Waals surface area contributed by atoms with Gasteiger partial charge >= 0.3 is 0 Å². The van der Waals surface area contributed by atoms with E-state index in [0.717, 1.165) is 0 Å². The first kappa shape index (κ1) is 10.8. The molecular formula is C11H9FN4O2. The van der Waals surface area contributed by atoms with Crippen molar-refractivity contribution in [1.82, 2.24) is 20.1 Å². The minimum atomic E-state index is -0.330. The molecule has 0 unspecified atom stereocenters. The van der Waals surface area contributed by atoms with Crippen LogP contribution in [0.2, 0.25) is 0 Å². The van der Waals surface area contributed by atoms with Crippen LogP contribution in [0.1, 0.15) is 5.82 Å². The van der Waals surface area contributed by atoms with Crippen molar-refractivity contribution in [1.29, 1.82) is 0 Å². The molecule has 0 saturated heterocycles. The van der Waals surface area contributed by atoms with Gasteiger partial charge in [0.25, 0.3) is 5.89 Å². The number of benzene rings is 1. The highest BCUT2D eigenvalue weighted by atomic mass is 19.1. The number of nitrogens with one attached hydrogen (secondary N) is 1. The van der Waals surface area contributed by atoms with Gasteiger partial charge in [0, 0.05) is 7.11 Å². The lowest BCUT2D eigenvalue weighted by molar-refractivity contribution is 0.174. The Hall–Kier alpha value is -2.28. The highest BCUT2D eigenvalue weighted by molar-refractivity contribution is 5.77. The third-order valence-corrected chi connectivity index (χ3v) is 2.39. The lowest BCUT2D eigenvalue weighted by atomic mass is 10.3. The average Bonchev–Trinajstić information content (AvgIpc) is 2.94. The molecule has 92 valence electrons. The van der Waals surface area contributed by atoms with Gasteiger partial charge in [0.1, 0.15) is 12.4 Å². The normalized spacial score (nSPS) is 11.2. The summed E-state index contributed by atoms with van der Waals surface area (Å²) in [7, 11) is 1.54. The van der Waals surface area contributed by atoms with E-state index in [1.807, 2.05) is 0 Å². The van der Waals surface area contributed by atoms with Gasteiger partial charge in [0.2, 0.25) is 0 Å². The maximum absolute atomic E-state index is 13.0. The quantitative estimate of drug-likeness (QED) is 0.766. The number of hydrogen-bond donors (Lipinski definition) is 1. The summed E-state index contributed by atoms with van der Waals surface area (Å²) in [5, 5.41) is 3.72. The van der Waals surface area contributed by atoms with Crippen LogP contribution in [0.3, 0.4) is 0 Å². The number of rotatable bonds is 3. The molecule has 0 aliphatic carbocycles. The van der Waals surface area contributed by atoms with Gasteiger partial charge in [-0.2, -0.15) is 4.98 Å². The van der Waals surface area contributed by atoms with E-state index in [0.29, 0.717) is 22.7 Å². The monoisotopic (exact) mass is 248 g/mol. The van der Waals surface area contributed by atoms with Crippen molar-refractivity contribution in [3.05, 3.63) is 29.8 Å². The third-order valence-electron chi connectivity index (χ3n) is 2.39. The highest BCUT2D eigenvalue weighted by Gasteiger charge is 2.13. The predicted molar refractivity (Wildman–Crippen MR) is 60.1 cm³/mol. The van der Waals surface area contributed by atoms with Gasteiger partial charge in [-0.25, -0.2) is 9.37 Å². The van der Waals surface area contributed by atoms with Gasteiger partial charge in [-0.1, -0.05) is 5.16 Å². The van der Waals surface area contributed by atoms with Gasteiger partial charge in [-0.05, 0) is 18.2 Å². The van der Waals surface area contributed by atoms with Crippen LogP contribution in [0.25, 0.3) is 22.7 Å². The van der Waals surface area contributed by atoms with Gasteiger partial charge < -0.3 is 14.2 Å². The van der Waals surface area contributed by atoms with Crippen LogP contribution in [0.4, 0.5) is 4.39 Å². The fraction of sp³-hybridized carbons (Fsp3) is 0.182. The van der Waals surface area contributed by atoms with Crippen molar-refractivity contribution in [2.24, 2.45) is 0 Å². The number of ether oxygens (including phenoxy) is 1. The number of aromatic nitrogens is 4. The number of imidazole rings is 1. The number of fused-ring (bicyclic) bond motifs is 1. The molecule has 1 N–H and O–H groups in total. The van der Waals surface area contributed by atoms with E-state index in [2.05, 4.69) is 20.1 Å². The molecule has 2 aromatic heterocycles. The molecule has 1 aromatic carbocycles. The predicted octanol–water partition coefficient (Wildman–Crippen LogP) is 1.90. The fourth-order valence-electron chi connectivity index (χ4n) is 1.62. The minimum Gasteiger partial charge on any atom is -0.377 e. The topological polar surface area (TPSA) is 76.8 Å². The summed E-state index contributed by atoms with van der Waals surface area (Å²) in [4.78, 5) is 11.3. The van der Waals surface area contributed by atoms with Crippen LogP contribution < -0.4 is 0 Å². The summed E-state index contributed by atoms with van der Waals surface area (Å²) in [6.45, 7) is 0.262. The van der Waals surface area contributed by atoms with Gasteiger partial charge in [-0.3, -0.25) is 0 Å². The summed E-state index contributed by atoms with van der Waals surface area (Å²) >= 11 is 0. The Morgan fingerprint density at radius 1 is 1.39 bits per heavy atom. The number of methoxy groups -OCH3 is 1. The molecule has 0 fully saturated rings. The molecule has 0 radical (unpaired) electrons. The lowest BCUT2D eigenvalue weighted by Gasteiger charge is -1.86. The Morgan fingerprint density at radius 2 is 2.28 bits per heavy atom. The summed E-state index contributed by atoms with van der Waals surface area (Å²) < 4.78 is 23.0. The zero-order valence-corrected chi connectivity index (χ0v) is 9.48. The van der Waals surface area contributed by atoms with E-state index in [-0.39, 0.29) is 18.3 Å². The number of halogens is 1. The Kier molecular flexibility index (Phi) is 2.52. The summed E-state index contributed by atoms with van der Waals surface area (Å²) in [6, 6.07) is 4.28. The second-order valence-electron chi connectivity index (χ2n) is 3.70. The van der Waals surface area contributed by atoms with Crippen LogP contribution in [0.5, 0.6) is 0 Å². The Balaban J connectivity index is 2.02. The van der Waals surface area contributed by atoms with Crippen molar-refractivity contribution >= 4 is 11.0 Å². The standard InChI is InChI=1S/C11H9FN4O2/c1-17-5-9-15-11(18-16-9)10-13-7-3-2-6(12)4-8(7)14-10/h2-4H,5H2,1H3,(H,13,14). The van der Waals surface area contributed by atoms with Crippen molar-refractivity contribution in [2.45, 2.75) is 6.61 Å². The first-order chi connectivity index (χ1) is 8.76.